The van der Waals surface area contributed by atoms with E-state index in [1.807, 2.05) is 4.90 Å². The van der Waals surface area contributed by atoms with Crippen LogP contribution in [-0.2, 0) is 9.47 Å². The summed E-state index contributed by atoms with van der Waals surface area (Å²) in [4.78, 5) is 12.9. The maximum absolute atomic E-state index is 10.9. The Morgan fingerprint density at radius 1 is 1.47 bits per heavy atom. The number of nitrogens with zero attached hydrogens (tertiary/aromatic N) is 1. The van der Waals surface area contributed by atoms with Gasteiger partial charge in [-0.15, -0.1) is 0 Å². The first-order valence-electron chi connectivity index (χ1n) is 4.79. The average molecular weight is 233 g/mol. The van der Waals surface area contributed by atoms with Crippen molar-refractivity contribution in [2.24, 2.45) is 0 Å². The molecule has 1 fully saturated rings. The van der Waals surface area contributed by atoms with E-state index in [1.165, 1.54) is 0 Å². The number of morpholine rings is 1. The van der Waals surface area contributed by atoms with E-state index in [1.54, 1.807) is 6.92 Å². The van der Waals surface area contributed by atoms with Crippen molar-refractivity contribution in [3.63, 3.8) is 0 Å². The molecule has 0 aliphatic carbocycles. The molecule has 7 heteroatoms. The second kappa shape index (κ2) is 6.41. The molecule has 86 valence electrons. The monoisotopic (exact) mass is 233 g/mol. The lowest BCUT2D eigenvalue weighted by Crippen LogP contribution is -2.51. The van der Waals surface area contributed by atoms with Crippen molar-refractivity contribution in [3.8, 4) is 0 Å². The number of nitrogens with one attached hydrogen (secondary N) is 2. The number of carbonyl (C=O) groups is 1. The highest BCUT2D eigenvalue weighted by Gasteiger charge is 2.13. The van der Waals surface area contributed by atoms with Crippen LogP contribution in [0.3, 0.4) is 0 Å². The normalized spacial score (nSPS) is 15.7. The van der Waals surface area contributed by atoms with E-state index < -0.39 is 6.09 Å². The second-order valence-corrected chi connectivity index (χ2v) is 3.26. The second-order valence-electron chi connectivity index (χ2n) is 2.88. The Labute approximate surface area is 93.9 Å². The van der Waals surface area contributed by atoms with Crippen LogP contribution in [0.1, 0.15) is 6.92 Å². The lowest BCUT2D eigenvalue weighted by atomic mass is 10.5. The van der Waals surface area contributed by atoms with Crippen LogP contribution in [0.15, 0.2) is 0 Å². The first kappa shape index (κ1) is 12.0. The summed E-state index contributed by atoms with van der Waals surface area (Å²) in [5, 5.41) is 0.478. The number of thiocarbonyl (C=S) groups is 1. The molecule has 1 rings (SSSR count). The highest BCUT2D eigenvalue weighted by atomic mass is 32.1. The SMILES string of the molecule is CCOC(=O)NNC(=S)N1CCOCC1. The molecule has 1 saturated heterocycles. The summed E-state index contributed by atoms with van der Waals surface area (Å²) in [6.07, 6.45) is -0.534. The molecular formula is C8H15N3O3S. The third-order valence-electron chi connectivity index (χ3n) is 1.85. The van der Waals surface area contributed by atoms with Gasteiger partial charge in [0.05, 0.1) is 19.8 Å². The maximum atomic E-state index is 10.9. The number of rotatable bonds is 1. The minimum atomic E-state index is -0.534. The third kappa shape index (κ3) is 4.30. The van der Waals surface area contributed by atoms with Gasteiger partial charge in [0.1, 0.15) is 0 Å². The fraction of sp³-hybridized carbons (Fsp3) is 0.750. The fourth-order valence-electron chi connectivity index (χ4n) is 1.12. The van der Waals surface area contributed by atoms with E-state index in [-0.39, 0.29) is 0 Å². The summed E-state index contributed by atoms with van der Waals surface area (Å²) < 4.78 is 9.84. The van der Waals surface area contributed by atoms with Crippen molar-refractivity contribution < 1.29 is 14.3 Å². The minimum Gasteiger partial charge on any atom is -0.449 e. The smallest absolute Gasteiger partial charge is 0.425 e. The van der Waals surface area contributed by atoms with E-state index in [2.05, 4.69) is 15.6 Å². The van der Waals surface area contributed by atoms with Crippen molar-refractivity contribution in [1.82, 2.24) is 15.8 Å². The number of amides is 1. The molecule has 0 aromatic rings. The van der Waals surface area contributed by atoms with Crippen molar-refractivity contribution in [2.75, 3.05) is 32.9 Å². The Bertz CT molecular complexity index is 231. The molecule has 0 aromatic heterocycles. The van der Waals surface area contributed by atoms with Crippen molar-refractivity contribution in [3.05, 3.63) is 0 Å². The summed E-state index contributed by atoms with van der Waals surface area (Å²) in [6, 6.07) is 0. The molecule has 0 saturated carbocycles. The average Bonchev–Trinajstić information content (AvgIpc) is 2.27. The van der Waals surface area contributed by atoms with Gasteiger partial charge in [0, 0.05) is 13.1 Å². The predicted octanol–water partition coefficient (Wildman–Crippen LogP) is -0.146. The highest BCUT2D eigenvalue weighted by molar-refractivity contribution is 7.80. The van der Waals surface area contributed by atoms with Gasteiger partial charge in [-0.05, 0) is 19.1 Å². The van der Waals surface area contributed by atoms with Crippen LogP contribution in [0.4, 0.5) is 4.79 Å². The van der Waals surface area contributed by atoms with Gasteiger partial charge in [0.15, 0.2) is 5.11 Å². The molecule has 0 spiro atoms. The first-order chi connectivity index (χ1) is 7.24. The molecular weight excluding hydrogens is 218 g/mol. The molecule has 1 heterocycles. The van der Waals surface area contributed by atoms with Gasteiger partial charge < -0.3 is 14.4 Å². The molecule has 0 unspecified atom stereocenters. The number of ether oxygens (including phenoxy) is 2. The van der Waals surface area contributed by atoms with Crippen molar-refractivity contribution in [1.29, 1.82) is 0 Å². The number of hydrogen-bond donors (Lipinski definition) is 2. The Morgan fingerprint density at radius 2 is 2.13 bits per heavy atom. The predicted molar refractivity (Wildman–Crippen MR) is 58.3 cm³/mol. The van der Waals surface area contributed by atoms with Crippen LogP contribution < -0.4 is 10.9 Å². The van der Waals surface area contributed by atoms with Gasteiger partial charge in [-0.1, -0.05) is 0 Å². The molecule has 0 aromatic carbocycles. The van der Waals surface area contributed by atoms with Crippen LogP contribution in [0.25, 0.3) is 0 Å². The van der Waals surface area contributed by atoms with Gasteiger partial charge in [-0.3, -0.25) is 5.43 Å². The molecule has 0 radical (unpaired) electrons. The maximum Gasteiger partial charge on any atom is 0.425 e. The highest BCUT2D eigenvalue weighted by Crippen LogP contribution is 1.96. The summed E-state index contributed by atoms with van der Waals surface area (Å²) in [5.41, 5.74) is 4.96. The largest absolute Gasteiger partial charge is 0.449 e. The lowest BCUT2D eigenvalue weighted by Gasteiger charge is -2.29. The zero-order chi connectivity index (χ0) is 11.1. The van der Waals surface area contributed by atoms with Gasteiger partial charge in [-0.25, -0.2) is 10.2 Å². The van der Waals surface area contributed by atoms with E-state index >= 15 is 0 Å². The van der Waals surface area contributed by atoms with Crippen LogP contribution in [0.5, 0.6) is 0 Å². The van der Waals surface area contributed by atoms with Crippen molar-refractivity contribution >= 4 is 23.4 Å². The Hall–Kier alpha value is -1.08. The van der Waals surface area contributed by atoms with E-state index in [0.29, 0.717) is 24.9 Å². The first-order valence-corrected chi connectivity index (χ1v) is 5.20. The minimum absolute atomic E-state index is 0.331. The molecule has 1 aliphatic heterocycles. The van der Waals surface area contributed by atoms with Gasteiger partial charge in [0.2, 0.25) is 0 Å². The number of carbonyl (C=O) groups excluding carboxylic acids is 1. The summed E-state index contributed by atoms with van der Waals surface area (Å²) in [6.45, 7) is 4.84. The Kier molecular flexibility index (Phi) is 5.13. The lowest BCUT2D eigenvalue weighted by molar-refractivity contribution is 0.0672. The van der Waals surface area contributed by atoms with Crippen LogP contribution >= 0.6 is 12.2 Å². The Morgan fingerprint density at radius 3 is 2.73 bits per heavy atom. The summed E-state index contributed by atoms with van der Waals surface area (Å²) >= 11 is 5.07. The van der Waals surface area contributed by atoms with Crippen LogP contribution in [-0.4, -0.2) is 49.0 Å². The zero-order valence-corrected chi connectivity index (χ0v) is 9.43. The number of hydrazine groups is 1. The van der Waals surface area contributed by atoms with Crippen LogP contribution in [0.2, 0.25) is 0 Å². The summed E-state index contributed by atoms with van der Waals surface area (Å²) in [5.74, 6) is 0. The van der Waals surface area contributed by atoms with Gasteiger partial charge in [0.25, 0.3) is 0 Å². The summed E-state index contributed by atoms with van der Waals surface area (Å²) in [7, 11) is 0. The third-order valence-corrected chi connectivity index (χ3v) is 2.21. The van der Waals surface area contributed by atoms with E-state index in [4.69, 9.17) is 17.0 Å². The zero-order valence-electron chi connectivity index (χ0n) is 8.62. The molecule has 15 heavy (non-hydrogen) atoms. The molecule has 2 N–H and O–H groups in total. The van der Waals surface area contributed by atoms with Gasteiger partial charge in [-0.2, -0.15) is 0 Å². The molecule has 0 atom stereocenters. The standard InChI is InChI=1S/C8H15N3O3S/c1-2-14-8(12)10-9-7(15)11-3-5-13-6-4-11/h2-6H2,1H3,(H,9,15)(H,10,12). The molecule has 0 bridgehead atoms. The Balaban J connectivity index is 2.19. The topological polar surface area (TPSA) is 62.8 Å². The van der Waals surface area contributed by atoms with E-state index in [9.17, 15) is 4.79 Å². The van der Waals surface area contributed by atoms with Crippen LogP contribution in [0, 0.1) is 0 Å². The number of hydrogen-bond acceptors (Lipinski definition) is 4. The molecule has 6 nitrogen and oxygen atoms in total. The quantitative estimate of drug-likeness (QED) is 0.485. The molecule has 1 aliphatic rings. The van der Waals surface area contributed by atoms with E-state index in [0.717, 1.165) is 13.1 Å². The molecule has 1 amide bonds. The van der Waals surface area contributed by atoms with Gasteiger partial charge >= 0.3 is 6.09 Å². The fourth-order valence-corrected chi connectivity index (χ4v) is 1.35. The van der Waals surface area contributed by atoms with Crippen molar-refractivity contribution in [2.45, 2.75) is 6.92 Å².